The Morgan fingerprint density at radius 2 is 1.97 bits per heavy atom. The van der Waals surface area contributed by atoms with Crippen LogP contribution in [0.2, 0.25) is 0 Å². The van der Waals surface area contributed by atoms with Gasteiger partial charge in [-0.15, -0.1) is 9.24 Å². The Bertz CT molecular complexity index is 1170. The van der Waals surface area contributed by atoms with Crippen molar-refractivity contribution in [3.05, 3.63) is 59.8 Å². The lowest BCUT2D eigenvalue weighted by atomic mass is 10.0. The number of nitrogens with two attached hydrogens (primary N) is 1. The fraction of sp³-hybridized carbons (Fsp3) is 0.182. The number of phenolic OH excluding ortho intramolecular Hbond substituents is 1. The number of fused-ring (bicyclic) bond motifs is 2. The summed E-state index contributed by atoms with van der Waals surface area (Å²) in [4.78, 5) is 20.6. The van der Waals surface area contributed by atoms with Gasteiger partial charge in [-0.1, -0.05) is 37.0 Å². The first kappa shape index (κ1) is 20.8. The summed E-state index contributed by atoms with van der Waals surface area (Å²) >= 11 is 0. The van der Waals surface area contributed by atoms with Crippen LogP contribution >= 0.6 is 9.24 Å². The van der Waals surface area contributed by atoms with Crippen LogP contribution in [0, 0.1) is 6.92 Å². The molecule has 0 bridgehead atoms. The number of amides is 1. The molecule has 1 amide bonds. The largest absolute Gasteiger partial charge is 0.505 e. The molecule has 0 aliphatic carbocycles. The molecule has 2 aromatic carbocycles. The van der Waals surface area contributed by atoms with Crippen LogP contribution in [0.4, 0.5) is 0 Å². The second-order valence-electron chi connectivity index (χ2n) is 6.47. The van der Waals surface area contributed by atoms with Crippen LogP contribution in [0.15, 0.2) is 48.7 Å². The minimum atomic E-state index is -0.239. The third kappa shape index (κ3) is 3.95. The number of rotatable bonds is 4. The highest BCUT2D eigenvalue weighted by Gasteiger charge is 2.18. The number of H-pyrrole nitrogens is 1. The molecule has 0 aliphatic rings. The van der Waals surface area contributed by atoms with E-state index in [1.54, 1.807) is 12.1 Å². The van der Waals surface area contributed by atoms with Crippen molar-refractivity contribution in [2.75, 3.05) is 19.8 Å². The van der Waals surface area contributed by atoms with Crippen molar-refractivity contribution < 1.29 is 9.90 Å². The summed E-state index contributed by atoms with van der Waals surface area (Å²) < 4.78 is 0. The quantitative estimate of drug-likeness (QED) is 0.388. The second kappa shape index (κ2) is 9.03. The van der Waals surface area contributed by atoms with Crippen molar-refractivity contribution in [3.8, 4) is 17.0 Å². The fourth-order valence-corrected chi connectivity index (χ4v) is 3.27. The predicted octanol–water partition coefficient (Wildman–Crippen LogP) is 3.58. The van der Waals surface area contributed by atoms with Crippen molar-refractivity contribution in [2.24, 2.45) is 5.73 Å². The molecule has 4 aromatic rings. The molecule has 0 aliphatic heterocycles. The molecular formula is C22H25N4O2P. The van der Waals surface area contributed by atoms with Crippen LogP contribution in [0.3, 0.4) is 0 Å². The second-order valence-corrected chi connectivity index (χ2v) is 6.47. The van der Waals surface area contributed by atoms with Crippen molar-refractivity contribution in [1.29, 1.82) is 0 Å². The Balaban J connectivity index is 0.00000117. The molecule has 150 valence electrons. The summed E-state index contributed by atoms with van der Waals surface area (Å²) in [5.74, 6) is -0.153. The van der Waals surface area contributed by atoms with Gasteiger partial charge in [-0.3, -0.25) is 4.79 Å². The highest BCUT2D eigenvalue weighted by Crippen LogP contribution is 2.34. The van der Waals surface area contributed by atoms with Crippen LogP contribution < -0.4 is 11.1 Å². The molecular weight excluding hydrogens is 383 g/mol. The molecule has 5 N–H and O–H groups in total. The van der Waals surface area contributed by atoms with Gasteiger partial charge in [0, 0.05) is 41.1 Å². The first-order valence-corrected chi connectivity index (χ1v) is 10.5. The van der Waals surface area contributed by atoms with Gasteiger partial charge in [0.05, 0.1) is 11.3 Å². The SMILES string of the molecule is CP.Cc1ccc2c(C(=O)NCCN)cc(-c3c[nH]c4ccccc34)nc2c1O. The minimum absolute atomic E-state index is 0.0852. The van der Waals surface area contributed by atoms with E-state index in [2.05, 4.69) is 24.5 Å². The zero-order chi connectivity index (χ0) is 21.0. The highest BCUT2D eigenvalue weighted by atomic mass is 31.0. The number of aromatic amines is 1. The summed E-state index contributed by atoms with van der Waals surface area (Å²) in [6.07, 6.45) is 1.87. The molecule has 0 fully saturated rings. The average molecular weight is 408 g/mol. The maximum absolute atomic E-state index is 12.7. The van der Waals surface area contributed by atoms with Crippen LogP contribution in [0.25, 0.3) is 33.1 Å². The van der Waals surface area contributed by atoms with E-state index in [0.717, 1.165) is 16.5 Å². The van der Waals surface area contributed by atoms with E-state index in [0.29, 0.717) is 40.8 Å². The summed E-state index contributed by atoms with van der Waals surface area (Å²) in [7, 11) is 2.42. The molecule has 29 heavy (non-hydrogen) atoms. The lowest BCUT2D eigenvalue weighted by molar-refractivity contribution is 0.0956. The van der Waals surface area contributed by atoms with Gasteiger partial charge in [0.1, 0.15) is 11.3 Å². The van der Waals surface area contributed by atoms with Gasteiger partial charge in [0.2, 0.25) is 0 Å². The number of phenols is 1. The Hall–Kier alpha value is -2.95. The molecule has 6 nitrogen and oxygen atoms in total. The van der Waals surface area contributed by atoms with Crippen molar-refractivity contribution in [3.63, 3.8) is 0 Å². The zero-order valence-corrected chi connectivity index (χ0v) is 17.6. The van der Waals surface area contributed by atoms with Crippen molar-refractivity contribution in [2.45, 2.75) is 6.92 Å². The number of aryl methyl sites for hydroxylation is 1. The van der Waals surface area contributed by atoms with Crippen molar-refractivity contribution >= 4 is 37.0 Å². The first-order valence-electron chi connectivity index (χ1n) is 9.36. The third-order valence-electron chi connectivity index (χ3n) is 4.70. The average Bonchev–Trinajstić information content (AvgIpc) is 3.19. The molecule has 7 heteroatoms. The third-order valence-corrected chi connectivity index (χ3v) is 4.70. The van der Waals surface area contributed by atoms with Gasteiger partial charge in [0.25, 0.3) is 5.91 Å². The molecule has 2 heterocycles. The molecule has 1 atom stereocenters. The smallest absolute Gasteiger partial charge is 0.252 e. The number of para-hydroxylation sites is 1. The molecule has 0 saturated heterocycles. The van der Waals surface area contributed by atoms with Crippen LogP contribution in [-0.4, -0.2) is 40.7 Å². The van der Waals surface area contributed by atoms with Crippen LogP contribution in [0.1, 0.15) is 15.9 Å². The number of carbonyl (C=O) groups is 1. The topological polar surface area (TPSA) is 104 Å². The fourth-order valence-electron chi connectivity index (χ4n) is 3.27. The van der Waals surface area contributed by atoms with Crippen LogP contribution in [-0.2, 0) is 0 Å². The van der Waals surface area contributed by atoms with Crippen LogP contribution in [0.5, 0.6) is 5.75 Å². The number of aromatic nitrogens is 2. The predicted molar refractivity (Wildman–Crippen MR) is 122 cm³/mol. The number of pyridine rings is 1. The minimum Gasteiger partial charge on any atom is -0.505 e. The summed E-state index contributed by atoms with van der Waals surface area (Å²) in [6.45, 7) is 4.46. The van der Waals surface area contributed by atoms with Gasteiger partial charge >= 0.3 is 0 Å². The number of hydrogen-bond acceptors (Lipinski definition) is 4. The number of aromatic hydroxyl groups is 1. The first-order chi connectivity index (χ1) is 14.1. The molecule has 0 saturated carbocycles. The van der Waals surface area contributed by atoms with Gasteiger partial charge in [-0.05, 0) is 24.6 Å². The highest BCUT2D eigenvalue weighted by molar-refractivity contribution is 7.15. The van der Waals surface area contributed by atoms with E-state index in [1.807, 2.05) is 50.1 Å². The monoisotopic (exact) mass is 408 g/mol. The zero-order valence-electron chi connectivity index (χ0n) is 16.5. The Kier molecular flexibility index (Phi) is 6.47. The van der Waals surface area contributed by atoms with E-state index >= 15 is 0 Å². The number of benzene rings is 2. The van der Waals surface area contributed by atoms with E-state index in [-0.39, 0.29) is 11.7 Å². The summed E-state index contributed by atoms with van der Waals surface area (Å²) in [5, 5.41) is 15.0. The molecule has 1 unspecified atom stereocenters. The Morgan fingerprint density at radius 1 is 1.21 bits per heavy atom. The number of hydrogen-bond donors (Lipinski definition) is 4. The van der Waals surface area contributed by atoms with E-state index < -0.39 is 0 Å². The maximum Gasteiger partial charge on any atom is 0.252 e. The standard InChI is InChI=1S/C21H20N4O2.CH5P/c1-12-6-7-14-15(21(27)23-9-8-22)10-18(25-19(14)20(12)26)16-11-24-17-5-3-2-4-13(16)17;1-2/h2-7,10-11,24,26H,8-9,22H2,1H3,(H,23,27);2H2,1H3. The lowest BCUT2D eigenvalue weighted by Gasteiger charge is -2.12. The van der Waals surface area contributed by atoms with E-state index in [4.69, 9.17) is 5.73 Å². The molecule has 4 rings (SSSR count). The van der Waals surface area contributed by atoms with Crippen molar-refractivity contribution in [1.82, 2.24) is 15.3 Å². The normalized spacial score (nSPS) is 10.6. The van der Waals surface area contributed by atoms with Gasteiger partial charge in [0.15, 0.2) is 0 Å². The summed E-state index contributed by atoms with van der Waals surface area (Å²) in [5.41, 5.74) is 9.58. The molecule has 0 spiro atoms. The van der Waals surface area contributed by atoms with E-state index in [1.165, 1.54) is 0 Å². The lowest BCUT2D eigenvalue weighted by Crippen LogP contribution is -2.29. The Morgan fingerprint density at radius 3 is 2.72 bits per heavy atom. The number of nitrogens with one attached hydrogen (secondary N) is 2. The number of carbonyl (C=O) groups excluding carboxylic acids is 1. The summed E-state index contributed by atoms with van der Waals surface area (Å²) in [6, 6.07) is 13.2. The van der Waals surface area contributed by atoms with Gasteiger partial charge in [-0.25, -0.2) is 4.98 Å². The van der Waals surface area contributed by atoms with E-state index in [9.17, 15) is 9.90 Å². The molecule has 0 radical (unpaired) electrons. The molecule has 2 aromatic heterocycles. The number of nitrogens with zero attached hydrogens (tertiary/aromatic N) is 1. The van der Waals surface area contributed by atoms with Gasteiger partial charge < -0.3 is 21.1 Å². The maximum atomic E-state index is 12.7. The Labute approximate surface area is 171 Å². The van der Waals surface area contributed by atoms with Gasteiger partial charge in [-0.2, -0.15) is 0 Å².